The number of thiazole rings is 1. The molecule has 128 valence electrons. The van der Waals surface area contributed by atoms with Crippen molar-refractivity contribution in [2.75, 3.05) is 5.43 Å². The van der Waals surface area contributed by atoms with E-state index in [1.807, 2.05) is 36.6 Å². The number of ether oxygens (including phenoxy) is 1. The molecular formula is C18H15BrFN3OS. The van der Waals surface area contributed by atoms with Crippen LogP contribution in [0, 0.1) is 12.7 Å². The minimum Gasteiger partial charge on any atom is -0.489 e. The van der Waals surface area contributed by atoms with Crippen LogP contribution in [0.3, 0.4) is 0 Å². The number of rotatable bonds is 6. The predicted octanol–water partition coefficient (Wildman–Crippen LogP) is 5.38. The summed E-state index contributed by atoms with van der Waals surface area (Å²) in [6, 6.07) is 12.0. The molecule has 1 aromatic heterocycles. The quantitative estimate of drug-likeness (QED) is 0.430. The number of anilines is 1. The first kappa shape index (κ1) is 17.6. The van der Waals surface area contributed by atoms with Gasteiger partial charge in [0.05, 0.1) is 11.9 Å². The lowest BCUT2D eigenvalue weighted by atomic mass is 10.2. The summed E-state index contributed by atoms with van der Waals surface area (Å²) in [6.07, 6.45) is 1.70. The van der Waals surface area contributed by atoms with Crippen LogP contribution in [-0.2, 0) is 6.61 Å². The van der Waals surface area contributed by atoms with E-state index >= 15 is 0 Å². The van der Waals surface area contributed by atoms with Gasteiger partial charge in [-0.3, -0.25) is 5.43 Å². The Morgan fingerprint density at radius 3 is 3.00 bits per heavy atom. The molecule has 0 aliphatic carbocycles. The van der Waals surface area contributed by atoms with Crippen LogP contribution in [0.2, 0.25) is 0 Å². The highest BCUT2D eigenvalue weighted by Crippen LogP contribution is 2.21. The van der Waals surface area contributed by atoms with E-state index in [9.17, 15) is 4.39 Å². The number of hydrazone groups is 1. The highest BCUT2D eigenvalue weighted by molar-refractivity contribution is 9.10. The lowest BCUT2D eigenvalue weighted by Crippen LogP contribution is -1.98. The summed E-state index contributed by atoms with van der Waals surface area (Å²) in [7, 11) is 0. The smallest absolute Gasteiger partial charge is 0.203 e. The third kappa shape index (κ3) is 5.11. The molecule has 25 heavy (non-hydrogen) atoms. The summed E-state index contributed by atoms with van der Waals surface area (Å²) in [5.41, 5.74) is 5.49. The van der Waals surface area contributed by atoms with Crippen molar-refractivity contribution in [3.05, 3.63) is 75.0 Å². The lowest BCUT2D eigenvalue weighted by molar-refractivity contribution is 0.305. The summed E-state index contributed by atoms with van der Waals surface area (Å²) in [5.74, 6) is 0.399. The molecule has 0 amide bonds. The maximum absolute atomic E-state index is 13.3. The van der Waals surface area contributed by atoms with E-state index in [1.165, 1.54) is 23.5 Å². The van der Waals surface area contributed by atoms with Crippen molar-refractivity contribution in [2.24, 2.45) is 5.10 Å². The zero-order valence-corrected chi connectivity index (χ0v) is 15.8. The first-order chi connectivity index (χ1) is 12.1. The van der Waals surface area contributed by atoms with E-state index in [0.29, 0.717) is 5.75 Å². The van der Waals surface area contributed by atoms with Gasteiger partial charge in [-0.1, -0.05) is 28.1 Å². The van der Waals surface area contributed by atoms with Crippen LogP contribution in [0.1, 0.15) is 16.8 Å². The van der Waals surface area contributed by atoms with Gasteiger partial charge in [-0.05, 0) is 42.8 Å². The number of hydrogen-bond donors (Lipinski definition) is 1. The maximum atomic E-state index is 13.3. The molecule has 2 aromatic carbocycles. The summed E-state index contributed by atoms with van der Waals surface area (Å²) >= 11 is 4.90. The van der Waals surface area contributed by atoms with Crippen molar-refractivity contribution >= 4 is 38.6 Å². The normalized spacial score (nSPS) is 11.0. The molecule has 0 spiro atoms. The van der Waals surface area contributed by atoms with Gasteiger partial charge in [0.25, 0.3) is 0 Å². The van der Waals surface area contributed by atoms with Crippen LogP contribution in [0.25, 0.3) is 0 Å². The molecule has 0 unspecified atom stereocenters. The number of hydrogen-bond acceptors (Lipinski definition) is 5. The molecule has 3 aromatic rings. The molecule has 0 aliphatic rings. The maximum Gasteiger partial charge on any atom is 0.203 e. The van der Waals surface area contributed by atoms with Crippen LogP contribution in [0.5, 0.6) is 5.75 Å². The summed E-state index contributed by atoms with van der Waals surface area (Å²) in [4.78, 5) is 4.27. The van der Waals surface area contributed by atoms with Crippen molar-refractivity contribution in [2.45, 2.75) is 13.5 Å². The van der Waals surface area contributed by atoms with Gasteiger partial charge in [-0.15, -0.1) is 11.3 Å². The second-order valence-corrected chi connectivity index (χ2v) is 6.97. The standard InChI is InChI=1S/C18H15BrFN3OS/c1-12-11-25-18(22-12)23-21-9-13-3-2-4-16(7-13)24-10-14-8-15(20)5-6-17(14)19/h2-9,11H,10H2,1H3,(H,22,23). The molecule has 0 saturated carbocycles. The second kappa shape index (κ2) is 8.22. The Hall–Kier alpha value is -2.25. The van der Waals surface area contributed by atoms with Crippen molar-refractivity contribution in [3.63, 3.8) is 0 Å². The molecule has 4 nitrogen and oxygen atoms in total. The Kier molecular flexibility index (Phi) is 5.78. The van der Waals surface area contributed by atoms with Gasteiger partial charge < -0.3 is 4.74 Å². The highest BCUT2D eigenvalue weighted by Gasteiger charge is 2.03. The summed E-state index contributed by atoms with van der Waals surface area (Å²) < 4.78 is 19.9. The Balaban J connectivity index is 1.62. The summed E-state index contributed by atoms with van der Waals surface area (Å²) in [5, 5.41) is 6.87. The van der Waals surface area contributed by atoms with Crippen molar-refractivity contribution < 1.29 is 9.13 Å². The Morgan fingerprint density at radius 2 is 2.20 bits per heavy atom. The van der Waals surface area contributed by atoms with E-state index in [4.69, 9.17) is 4.74 Å². The predicted molar refractivity (Wildman–Crippen MR) is 103 cm³/mol. The van der Waals surface area contributed by atoms with Crippen LogP contribution in [0.4, 0.5) is 9.52 Å². The van der Waals surface area contributed by atoms with Gasteiger partial charge in [-0.25, -0.2) is 9.37 Å². The highest BCUT2D eigenvalue weighted by atomic mass is 79.9. The number of aromatic nitrogens is 1. The van der Waals surface area contributed by atoms with Gasteiger partial charge >= 0.3 is 0 Å². The average Bonchev–Trinajstić information content (AvgIpc) is 3.01. The van der Waals surface area contributed by atoms with E-state index in [1.54, 1.807) is 12.3 Å². The largest absolute Gasteiger partial charge is 0.489 e. The molecule has 1 N–H and O–H groups in total. The molecule has 7 heteroatoms. The zero-order chi connectivity index (χ0) is 17.6. The Labute approximate surface area is 157 Å². The molecule has 0 radical (unpaired) electrons. The number of aryl methyl sites for hydroxylation is 1. The fourth-order valence-corrected chi connectivity index (χ4v) is 3.07. The Morgan fingerprint density at radius 1 is 1.32 bits per heavy atom. The van der Waals surface area contributed by atoms with E-state index < -0.39 is 0 Å². The molecule has 3 rings (SSSR count). The first-order valence-electron chi connectivity index (χ1n) is 7.48. The van der Waals surface area contributed by atoms with Crippen molar-refractivity contribution in [3.8, 4) is 5.75 Å². The van der Waals surface area contributed by atoms with Gasteiger partial charge in [0.2, 0.25) is 5.13 Å². The molecule has 1 heterocycles. The van der Waals surface area contributed by atoms with Gasteiger partial charge in [-0.2, -0.15) is 5.10 Å². The van der Waals surface area contributed by atoms with Gasteiger partial charge in [0, 0.05) is 15.4 Å². The first-order valence-corrected chi connectivity index (χ1v) is 9.15. The molecule has 0 aliphatic heterocycles. The number of benzene rings is 2. The molecule has 0 atom stereocenters. The number of nitrogens with one attached hydrogen (secondary N) is 1. The monoisotopic (exact) mass is 419 g/mol. The SMILES string of the molecule is Cc1csc(NN=Cc2cccc(OCc3cc(F)ccc3Br)c2)n1. The van der Waals surface area contributed by atoms with Crippen LogP contribution in [-0.4, -0.2) is 11.2 Å². The van der Waals surface area contributed by atoms with E-state index in [0.717, 1.165) is 26.4 Å². The van der Waals surface area contributed by atoms with E-state index in [2.05, 4.69) is 31.4 Å². The number of halogens is 2. The topological polar surface area (TPSA) is 46.5 Å². The average molecular weight is 420 g/mol. The zero-order valence-electron chi connectivity index (χ0n) is 13.4. The second-order valence-electron chi connectivity index (χ2n) is 5.26. The minimum absolute atomic E-state index is 0.273. The minimum atomic E-state index is -0.286. The Bertz CT molecular complexity index is 898. The third-order valence-electron chi connectivity index (χ3n) is 3.25. The summed E-state index contributed by atoms with van der Waals surface area (Å²) in [6.45, 7) is 2.21. The number of nitrogens with zero attached hydrogens (tertiary/aromatic N) is 2. The van der Waals surface area contributed by atoms with Crippen molar-refractivity contribution in [1.82, 2.24) is 4.98 Å². The third-order valence-corrected chi connectivity index (χ3v) is 4.89. The molecule has 0 fully saturated rings. The lowest BCUT2D eigenvalue weighted by Gasteiger charge is -2.08. The van der Waals surface area contributed by atoms with Gasteiger partial charge in [0.15, 0.2) is 0 Å². The fraction of sp³-hybridized carbons (Fsp3) is 0.111. The fourth-order valence-electron chi connectivity index (χ4n) is 2.07. The van der Waals surface area contributed by atoms with E-state index in [-0.39, 0.29) is 12.4 Å². The van der Waals surface area contributed by atoms with Crippen LogP contribution < -0.4 is 10.2 Å². The van der Waals surface area contributed by atoms with Crippen LogP contribution in [0.15, 0.2) is 57.4 Å². The molecular weight excluding hydrogens is 405 g/mol. The van der Waals surface area contributed by atoms with Gasteiger partial charge in [0.1, 0.15) is 18.2 Å². The van der Waals surface area contributed by atoms with Crippen LogP contribution >= 0.6 is 27.3 Å². The molecule has 0 bridgehead atoms. The molecule has 0 saturated heterocycles. The van der Waals surface area contributed by atoms with Crippen molar-refractivity contribution in [1.29, 1.82) is 0 Å².